The van der Waals surface area contributed by atoms with Gasteiger partial charge in [-0.25, -0.2) is 9.98 Å². The fourth-order valence-corrected chi connectivity index (χ4v) is 6.39. The first kappa shape index (κ1) is 19.0. The third-order valence-corrected chi connectivity index (χ3v) is 7.96. The van der Waals surface area contributed by atoms with Crippen LogP contribution in [0, 0.1) is 0 Å². The Morgan fingerprint density at radius 3 is 2.92 bits per heavy atom. The highest BCUT2D eigenvalue weighted by molar-refractivity contribution is 8.05. The molecule has 1 fully saturated rings. The SMILES string of the molecule is CCOP(=O)(OCC)C1OC(Cn2cnc3c2NC(N)=NC3Cl)CS1. The molecule has 25 heavy (non-hydrogen) atoms. The maximum absolute atomic E-state index is 12.8. The predicted octanol–water partition coefficient (Wildman–Crippen LogP) is 2.54. The monoisotopic (exact) mass is 409 g/mol. The average Bonchev–Trinajstić information content (AvgIpc) is 3.16. The Morgan fingerprint density at radius 1 is 1.52 bits per heavy atom. The van der Waals surface area contributed by atoms with Crippen LogP contribution in [0.2, 0.25) is 0 Å². The van der Waals surface area contributed by atoms with Crippen molar-refractivity contribution in [3.05, 3.63) is 12.0 Å². The van der Waals surface area contributed by atoms with Gasteiger partial charge in [0.05, 0.1) is 32.2 Å². The van der Waals surface area contributed by atoms with Crippen molar-refractivity contribution in [1.82, 2.24) is 9.55 Å². The van der Waals surface area contributed by atoms with Crippen LogP contribution >= 0.6 is 31.0 Å². The van der Waals surface area contributed by atoms with Gasteiger partial charge in [0.1, 0.15) is 11.5 Å². The molecule has 0 bridgehead atoms. The Bertz CT molecular complexity index is 692. The summed E-state index contributed by atoms with van der Waals surface area (Å²) in [6.45, 7) is 4.67. The molecule has 12 heteroatoms. The highest BCUT2D eigenvalue weighted by atomic mass is 35.5. The van der Waals surface area contributed by atoms with Crippen molar-refractivity contribution < 1.29 is 18.3 Å². The van der Waals surface area contributed by atoms with E-state index in [0.717, 1.165) is 0 Å². The third-order valence-electron chi connectivity index (χ3n) is 3.60. The second-order valence-corrected chi connectivity index (χ2v) is 9.30. The molecule has 1 saturated heterocycles. The van der Waals surface area contributed by atoms with Gasteiger partial charge in [0.25, 0.3) is 0 Å². The second kappa shape index (κ2) is 7.85. The minimum absolute atomic E-state index is 0.168. The summed E-state index contributed by atoms with van der Waals surface area (Å²) < 4.78 is 31.3. The van der Waals surface area contributed by atoms with E-state index in [4.69, 9.17) is 31.1 Å². The summed E-state index contributed by atoms with van der Waals surface area (Å²) >= 11 is 7.57. The number of rotatable bonds is 7. The number of hydrogen-bond acceptors (Lipinski definition) is 9. The summed E-state index contributed by atoms with van der Waals surface area (Å²) in [5.41, 5.74) is 5.74. The smallest absolute Gasteiger partial charge is 0.369 e. The minimum Gasteiger partial charge on any atom is -0.370 e. The zero-order valence-electron chi connectivity index (χ0n) is 13.9. The number of hydrogen-bond donors (Lipinski definition) is 2. The van der Waals surface area contributed by atoms with Crippen molar-refractivity contribution in [2.45, 2.75) is 37.2 Å². The van der Waals surface area contributed by atoms with Crippen molar-refractivity contribution in [3.8, 4) is 0 Å². The molecule has 3 rings (SSSR count). The van der Waals surface area contributed by atoms with E-state index in [1.54, 1.807) is 20.2 Å². The fourth-order valence-electron chi connectivity index (χ4n) is 2.62. The largest absolute Gasteiger partial charge is 0.370 e. The van der Waals surface area contributed by atoms with Crippen molar-refractivity contribution >= 4 is 42.7 Å². The van der Waals surface area contributed by atoms with E-state index in [9.17, 15) is 4.57 Å². The van der Waals surface area contributed by atoms with Crippen LogP contribution in [0.3, 0.4) is 0 Å². The van der Waals surface area contributed by atoms with E-state index in [2.05, 4.69) is 15.3 Å². The number of nitrogens with one attached hydrogen (secondary N) is 1. The molecule has 3 N–H and O–H groups in total. The molecular formula is C13H21ClN5O4PS. The molecular weight excluding hydrogens is 389 g/mol. The highest BCUT2D eigenvalue weighted by Crippen LogP contribution is 2.60. The van der Waals surface area contributed by atoms with Crippen molar-refractivity contribution in [3.63, 3.8) is 0 Å². The van der Waals surface area contributed by atoms with Crippen LogP contribution in [0.5, 0.6) is 0 Å². The van der Waals surface area contributed by atoms with Gasteiger partial charge in [-0.05, 0) is 13.8 Å². The zero-order valence-corrected chi connectivity index (χ0v) is 16.4. The molecule has 140 valence electrons. The summed E-state index contributed by atoms with van der Waals surface area (Å²) in [4.78, 5) is 8.30. The van der Waals surface area contributed by atoms with Gasteiger partial charge < -0.3 is 29.4 Å². The lowest BCUT2D eigenvalue weighted by molar-refractivity contribution is 0.0674. The lowest BCUT2D eigenvalue weighted by Crippen LogP contribution is -2.29. The summed E-state index contributed by atoms with van der Waals surface area (Å²) in [6.07, 6.45) is 1.49. The molecule has 3 unspecified atom stereocenters. The normalized spacial score (nSPS) is 26.2. The fraction of sp³-hybridized carbons (Fsp3) is 0.692. The molecule has 0 radical (unpaired) electrons. The van der Waals surface area contributed by atoms with Crippen molar-refractivity contribution in [2.24, 2.45) is 10.7 Å². The number of ether oxygens (including phenoxy) is 1. The lowest BCUT2D eigenvalue weighted by Gasteiger charge is -2.23. The maximum atomic E-state index is 12.8. The number of imidazole rings is 1. The molecule has 9 nitrogen and oxygen atoms in total. The van der Waals surface area contributed by atoms with Gasteiger partial charge in [-0.1, -0.05) is 11.6 Å². The van der Waals surface area contributed by atoms with Gasteiger partial charge >= 0.3 is 7.60 Å². The summed E-state index contributed by atoms with van der Waals surface area (Å²) in [5.74, 6) is 1.60. The second-order valence-electron chi connectivity index (χ2n) is 5.38. The molecule has 0 aromatic carbocycles. The topological polar surface area (TPSA) is 113 Å². The number of nitrogens with zero attached hydrogens (tertiary/aromatic N) is 3. The molecule has 0 saturated carbocycles. The first-order chi connectivity index (χ1) is 12.0. The van der Waals surface area contributed by atoms with E-state index in [0.29, 0.717) is 37.0 Å². The first-order valence-corrected chi connectivity index (χ1v) is 11.0. The van der Waals surface area contributed by atoms with Crippen LogP contribution in [0.25, 0.3) is 0 Å². The molecule has 0 aliphatic carbocycles. The number of aromatic nitrogens is 2. The molecule has 2 aliphatic heterocycles. The molecule has 3 heterocycles. The van der Waals surface area contributed by atoms with E-state index in [1.165, 1.54) is 11.8 Å². The molecule has 0 spiro atoms. The van der Waals surface area contributed by atoms with Crippen molar-refractivity contribution in [1.29, 1.82) is 0 Å². The highest BCUT2D eigenvalue weighted by Gasteiger charge is 2.43. The van der Waals surface area contributed by atoms with Crippen LogP contribution in [-0.2, 0) is 24.9 Å². The molecule has 0 amide bonds. The average molecular weight is 410 g/mol. The number of halogens is 1. The molecule has 1 aromatic heterocycles. The van der Waals surface area contributed by atoms with Crippen LogP contribution in [-0.4, -0.2) is 45.8 Å². The number of guanidine groups is 1. The van der Waals surface area contributed by atoms with Gasteiger partial charge in [-0.2, -0.15) is 0 Å². The number of alkyl halides is 1. The Kier molecular flexibility index (Phi) is 5.97. The Labute approximate surface area is 155 Å². The summed E-state index contributed by atoms with van der Waals surface area (Å²) in [6, 6.07) is 0. The number of anilines is 1. The summed E-state index contributed by atoms with van der Waals surface area (Å²) in [5, 5.41) is 2.34. The van der Waals surface area contributed by atoms with Gasteiger partial charge in [0.2, 0.25) is 5.18 Å². The van der Waals surface area contributed by atoms with Crippen LogP contribution in [0.15, 0.2) is 11.3 Å². The van der Waals surface area contributed by atoms with E-state index < -0.39 is 18.3 Å². The van der Waals surface area contributed by atoms with E-state index in [1.807, 2.05) is 4.57 Å². The quantitative estimate of drug-likeness (QED) is 0.401. The Morgan fingerprint density at radius 2 is 2.24 bits per heavy atom. The number of fused-ring (bicyclic) bond motifs is 1. The number of nitrogens with two attached hydrogens (primary N) is 1. The van der Waals surface area contributed by atoms with Gasteiger partial charge in [0.15, 0.2) is 11.5 Å². The molecule has 1 aromatic rings. The van der Waals surface area contributed by atoms with E-state index >= 15 is 0 Å². The Balaban J connectivity index is 1.68. The predicted molar refractivity (Wildman–Crippen MR) is 98.0 cm³/mol. The zero-order chi connectivity index (χ0) is 18.0. The van der Waals surface area contributed by atoms with Gasteiger partial charge in [-0.3, -0.25) is 4.57 Å². The van der Waals surface area contributed by atoms with Gasteiger partial charge in [0, 0.05) is 5.75 Å². The molecule has 3 atom stereocenters. The third kappa shape index (κ3) is 3.99. The van der Waals surface area contributed by atoms with Crippen molar-refractivity contribution in [2.75, 3.05) is 24.3 Å². The Hall–Kier alpha value is -0.770. The van der Waals surface area contributed by atoms with Crippen LogP contribution < -0.4 is 11.1 Å². The number of aliphatic imine (C=N–C) groups is 1. The standard InChI is InChI=1S/C13H21ClN5O4PS/c1-3-21-24(20,22-4-2)13-23-8(6-25-13)5-19-7-16-9-10(14)17-12(15)18-11(9)19/h7-8,10,13H,3-6H2,1-2H3,(H3,15,17,18). The molecule has 2 aliphatic rings. The van der Waals surface area contributed by atoms with Crippen LogP contribution in [0.4, 0.5) is 5.82 Å². The minimum atomic E-state index is -3.30. The first-order valence-electron chi connectivity index (χ1n) is 7.92. The lowest BCUT2D eigenvalue weighted by atomic mass is 10.3. The summed E-state index contributed by atoms with van der Waals surface area (Å²) in [7, 11) is -3.30. The van der Waals surface area contributed by atoms with E-state index in [-0.39, 0.29) is 12.1 Å². The number of thioether (sulfide) groups is 1. The maximum Gasteiger partial charge on any atom is 0.369 e. The van der Waals surface area contributed by atoms with Crippen LogP contribution in [0.1, 0.15) is 25.0 Å². The van der Waals surface area contributed by atoms with Gasteiger partial charge in [-0.15, -0.1) is 11.8 Å².